The van der Waals surface area contributed by atoms with Crippen LogP contribution < -0.4 is 11.1 Å². The van der Waals surface area contributed by atoms with Crippen LogP contribution in [0, 0.1) is 0 Å². The molecule has 1 aromatic heterocycles. The highest BCUT2D eigenvalue weighted by Crippen LogP contribution is 2.41. The fourth-order valence-corrected chi connectivity index (χ4v) is 2.88. The van der Waals surface area contributed by atoms with E-state index in [1.807, 2.05) is 16.8 Å². The average molecular weight is 340 g/mol. The zero-order valence-electron chi connectivity index (χ0n) is 14.8. The van der Waals surface area contributed by atoms with Crippen LogP contribution in [0.15, 0.2) is 36.4 Å². The van der Waals surface area contributed by atoms with Crippen LogP contribution in [0.1, 0.15) is 67.3 Å². The third kappa shape index (κ3) is 3.73. The van der Waals surface area contributed by atoms with Crippen molar-refractivity contribution in [1.82, 2.24) is 15.1 Å². The normalized spacial score (nSPS) is 15.6. The molecule has 1 atom stereocenters. The third-order valence-electron chi connectivity index (χ3n) is 4.29. The number of primary amides is 1. The van der Waals surface area contributed by atoms with Gasteiger partial charge in [-0.25, -0.2) is 0 Å². The molecule has 1 unspecified atom stereocenters. The van der Waals surface area contributed by atoms with E-state index < -0.39 is 17.9 Å². The highest BCUT2D eigenvalue weighted by Gasteiger charge is 2.33. The van der Waals surface area contributed by atoms with E-state index in [1.165, 1.54) is 0 Å². The van der Waals surface area contributed by atoms with E-state index in [-0.39, 0.29) is 5.54 Å². The number of nitrogens with zero attached hydrogens (tertiary/aromatic N) is 2. The minimum Gasteiger partial charge on any atom is -0.368 e. The number of aromatic nitrogens is 2. The van der Waals surface area contributed by atoms with Crippen molar-refractivity contribution in [1.29, 1.82) is 0 Å². The quantitative estimate of drug-likeness (QED) is 0.876. The van der Waals surface area contributed by atoms with Gasteiger partial charge in [0.2, 0.25) is 5.91 Å². The molecule has 25 heavy (non-hydrogen) atoms. The fourth-order valence-electron chi connectivity index (χ4n) is 2.88. The lowest BCUT2D eigenvalue weighted by Crippen LogP contribution is -2.37. The van der Waals surface area contributed by atoms with Crippen LogP contribution in [0.5, 0.6) is 0 Å². The van der Waals surface area contributed by atoms with Crippen LogP contribution in [-0.2, 0) is 10.3 Å². The minimum atomic E-state index is -0.877. The fraction of sp³-hybridized carbons (Fsp3) is 0.421. The third-order valence-corrected chi connectivity index (χ3v) is 4.29. The van der Waals surface area contributed by atoms with Crippen molar-refractivity contribution in [2.75, 3.05) is 0 Å². The summed E-state index contributed by atoms with van der Waals surface area (Å²) < 4.78 is 1.92. The first-order chi connectivity index (χ1) is 11.8. The summed E-state index contributed by atoms with van der Waals surface area (Å²) in [5.74, 6) is -0.524. The van der Waals surface area contributed by atoms with E-state index in [0.29, 0.717) is 17.2 Å². The predicted octanol–water partition coefficient (Wildman–Crippen LogP) is 2.47. The Balaban J connectivity index is 1.86. The molecule has 6 nitrogen and oxygen atoms in total. The molecule has 1 fully saturated rings. The summed E-state index contributed by atoms with van der Waals surface area (Å²) in [6.07, 6.45) is 2.24. The van der Waals surface area contributed by atoms with Gasteiger partial charge in [0.25, 0.3) is 5.91 Å². The summed E-state index contributed by atoms with van der Waals surface area (Å²) in [6, 6.07) is 9.93. The molecule has 0 aliphatic heterocycles. The SMILES string of the molecule is CC(C)(C)n1nc(C(=O)NC(C(N)=O)c2ccccc2)cc1C1CC1. The summed E-state index contributed by atoms with van der Waals surface area (Å²) in [7, 11) is 0. The van der Waals surface area contributed by atoms with Crippen molar-refractivity contribution in [2.24, 2.45) is 5.73 Å². The van der Waals surface area contributed by atoms with E-state index in [1.54, 1.807) is 24.3 Å². The van der Waals surface area contributed by atoms with Gasteiger partial charge in [-0.2, -0.15) is 5.10 Å². The molecular formula is C19H24N4O2. The molecule has 0 radical (unpaired) electrons. The number of nitrogens with two attached hydrogens (primary N) is 1. The Morgan fingerprint density at radius 2 is 1.88 bits per heavy atom. The van der Waals surface area contributed by atoms with Crippen molar-refractivity contribution >= 4 is 11.8 Å². The number of hydrogen-bond acceptors (Lipinski definition) is 3. The van der Waals surface area contributed by atoms with Crippen molar-refractivity contribution in [2.45, 2.75) is 51.1 Å². The second-order valence-corrected chi connectivity index (χ2v) is 7.53. The number of rotatable bonds is 5. The number of amides is 2. The first-order valence-corrected chi connectivity index (χ1v) is 8.53. The number of nitrogens with one attached hydrogen (secondary N) is 1. The van der Waals surface area contributed by atoms with Crippen LogP contribution in [0.2, 0.25) is 0 Å². The minimum absolute atomic E-state index is 0.209. The van der Waals surface area contributed by atoms with Crippen LogP contribution >= 0.6 is 0 Å². The first-order valence-electron chi connectivity index (χ1n) is 8.53. The smallest absolute Gasteiger partial charge is 0.272 e. The molecule has 1 aromatic carbocycles. The molecule has 1 heterocycles. The van der Waals surface area contributed by atoms with Crippen molar-refractivity contribution in [3.8, 4) is 0 Å². The molecule has 0 bridgehead atoms. The van der Waals surface area contributed by atoms with Gasteiger partial charge in [-0.15, -0.1) is 0 Å². The lowest BCUT2D eigenvalue weighted by molar-refractivity contribution is -0.120. The second-order valence-electron chi connectivity index (χ2n) is 7.53. The summed E-state index contributed by atoms with van der Waals surface area (Å²) in [4.78, 5) is 24.5. The van der Waals surface area contributed by atoms with Crippen LogP contribution in [0.25, 0.3) is 0 Å². The Hall–Kier alpha value is -2.63. The monoisotopic (exact) mass is 340 g/mol. The largest absolute Gasteiger partial charge is 0.368 e. The molecule has 1 saturated carbocycles. The molecule has 0 spiro atoms. The molecule has 2 amide bonds. The highest BCUT2D eigenvalue weighted by atomic mass is 16.2. The van der Waals surface area contributed by atoms with Crippen LogP contribution in [0.4, 0.5) is 0 Å². The average Bonchev–Trinajstić information content (AvgIpc) is 3.29. The summed E-state index contributed by atoms with van der Waals surface area (Å²) in [5, 5.41) is 7.21. The Morgan fingerprint density at radius 3 is 2.40 bits per heavy atom. The van der Waals surface area contributed by atoms with Gasteiger partial charge in [0.1, 0.15) is 6.04 Å². The molecule has 2 aromatic rings. The zero-order chi connectivity index (χ0) is 18.2. The Labute approximate surface area is 147 Å². The molecular weight excluding hydrogens is 316 g/mol. The summed E-state index contributed by atoms with van der Waals surface area (Å²) in [5.41, 5.74) is 7.32. The first kappa shape index (κ1) is 17.2. The Kier molecular flexibility index (Phi) is 4.37. The maximum absolute atomic E-state index is 12.7. The molecule has 1 aliphatic carbocycles. The van der Waals surface area contributed by atoms with Crippen molar-refractivity contribution in [3.63, 3.8) is 0 Å². The molecule has 3 rings (SSSR count). The highest BCUT2D eigenvalue weighted by molar-refractivity contribution is 5.96. The number of carbonyl (C=O) groups excluding carboxylic acids is 2. The predicted molar refractivity (Wildman–Crippen MR) is 95.0 cm³/mol. The Bertz CT molecular complexity index is 786. The van der Waals surface area contributed by atoms with Gasteiger partial charge < -0.3 is 11.1 Å². The van der Waals surface area contributed by atoms with Gasteiger partial charge >= 0.3 is 0 Å². The molecule has 0 saturated heterocycles. The van der Waals surface area contributed by atoms with Gasteiger partial charge in [0.15, 0.2) is 5.69 Å². The van der Waals surface area contributed by atoms with Crippen LogP contribution in [-0.4, -0.2) is 21.6 Å². The lowest BCUT2D eigenvalue weighted by Gasteiger charge is -2.22. The van der Waals surface area contributed by atoms with Crippen LogP contribution in [0.3, 0.4) is 0 Å². The summed E-state index contributed by atoms with van der Waals surface area (Å²) in [6.45, 7) is 6.18. The topological polar surface area (TPSA) is 90.0 Å². The van der Waals surface area contributed by atoms with Crippen molar-refractivity contribution < 1.29 is 9.59 Å². The van der Waals surface area contributed by atoms with Crippen molar-refractivity contribution in [3.05, 3.63) is 53.3 Å². The number of benzene rings is 1. The molecule has 1 aliphatic rings. The number of carbonyl (C=O) groups is 2. The van der Waals surface area contributed by atoms with E-state index in [9.17, 15) is 9.59 Å². The lowest BCUT2D eigenvalue weighted by atomic mass is 10.1. The van der Waals surface area contributed by atoms with E-state index in [0.717, 1.165) is 18.5 Å². The van der Waals surface area contributed by atoms with Gasteiger partial charge in [0.05, 0.1) is 5.54 Å². The van der Waals surface area contributed by atoms with Gasteiger partial charge in [-0.3, -0.25) is 14.3 Å². The van der Waals surface area contributed by atoms with E-state index in [2.05, 4.69) is 31.2 Å². The Morgan fingerprint density at radius 1 is 1.24 bits per heavy atom. The maximum Gasteiger partial charge on any atom is 0.272 e. The zero-order valence-corrected chi connectivity index (χ0v) is 14.8. The molecule has 132 valence electrons. The number of hydrogen-bond donors (Lipinski definition) is 2. The van der Waals surface area contributed by atoms with Gasteiger partial charge in [-0.1, -0.05) is 30.3 Å². The van der Waals surface area contributed by atoms with Gasteiger partial charge in [0, 0.05) is 11.6 Å². The molecule has 3 N–H and O–H groups in total. The van der Waals surface area contributed by atoms with E-state index >= 15 is 0 Å². The molecule has 6 heteroatoms. The standard InChI is InChI=1S/C19H24N4O2/c1-19(2,3)23-15(12-9-10-12)11-14(22-23)18(25)21-16(17(20)24)13-7-5-4-6-8-13/h4-8,11-12,16H,9-10H2,1-3H3,(H2,20,24)(H,21,25). The van der Waals surface area contributed by atoms with Gasteiger partial charge in [-0.05, 0) is 45.2 Å². The maximum atomic E-state index is 12.7. The second kappa shape index (κ2) is 6.35. The van der Waals surface area contributed by atoms with E-state index in [4.69, 9.17) is 5.73 Å². The summed E-state index contributed by atoms with van der Waals surface area (Å²) >= 11 is 0.